The van der Waals surface area contributed by atoms with Crippen LogP contribution in [0.3, 0.4) is 0 Å². The van der Waals surface area contributed by atoms with Crippen molar-refractivity contribution in [3.63, 3.8) is 0 Å². The largest absolute Gasteiger partial charge is 0.309 e. The molecule has 0 spiro atoms. The lowest BCUT2D eigenvalue weighted by atomic mass is 10.0. The molecule has 4 aromatic heterocycles. The first kappa shape index (κ1) is 22.4. The molecule has 0 amide bonds. The van der Waals surface area contributed by atoms with Gasteiger partial charge in [0.15, 0.2) is 0 Å². The highest BCUT2D eigenvalue weighted by atomic mass is 32.1. The molecule has 8 aromatic rings. The maximum absolute atomic E-state index is 4.96. The highest BCUT2D eigenvalue weighted by molar-refractivity contribution is 7.21. The lowest BCUT2D eigenvalue weighted by molar-refractivity contribution is 1.18. The van der Waals surface area contributed by atoms with Crippen LogP contribution >= 0.6 is 22.7 Å². The van der Waals surface area contributed by atoms with E-state index < -0.39 is 0 Å². The molecule has 0 bridgehead atoms. The van der Waals surface area contributed by atoms with Crippen molar-refractivity contribution in [2.45, 2.75) is 0 Å². The molecule has 8 rings (SSSR count). The van der Waals surface area contributed by atoms with E-state index in [1.807, 2.05) is 24.4 Å². The minimum Gasteiger partial charge on any atom is -0.309 e. The van der Waals surface area contributed by atoms with Gasteiger partial charge in [-0.2, -0.15) is 11.3 Å². The Hall–Kier alpha value is -4.58. The summed E-state index contributed by atoms with van der Waals surface area (Å²) in [5.74, 6) is 0. The second-order valence-electron chi connectivity index (χ2n) is 9.53. The molecular formula is C34H21N3S2. The molecule has 4 aromatic carbocycles. The molecule has 0 saturated heterocycles. The normalized spacial score (nSPS) is 11.6. The summed E-state index contributed by atoms with van der Waals surface area (Å²) < 4.78 is 3.60. The molecule has 0 N–H and O–H groups in total. The van der Waals surface area contributed by atoms with Crippen LogP contribution in [0.4, 0.5) is 0 Å². The molecule has 0 fully saturated rings. The number of thiophene rings is 1. The number of nitrogens with zero attached hydrogens (tertiary/aromatic N) is 3. The fraction of sp³-hybridized carbons (Fsp3) is 0. The summed E-state index contributed by atoms with van der Waals surface area (Å²) in [6, 6.07) is 38.7. The van der Waals surface area contributed by atoms with Gasteiger partial charge in [-0.25, -0.2) is 4.98 Å². The van der Waals surface area contributed by atoms with E-state index in [1.54, 1.807) is 22.7 Å². The van der Waals surface area contributed by atoms with Gasteiger partial charge in [-0.1, -0.05) is 54.6 Å². The number of hydrogen-bond acceptors (Lipinski definition) is 4. The van der Waals surface area contributed by atoms with Gasteiger partial charge in [-0.15, -0.1) is 11.3 Å². The van der Waals surface area contributed by atoms with Crippen LogP contribution in [0, 0.1) is 0 Å². The summed E-state index contributed by atoms with van der Waals surface area (Å²) in [6.45, 7) is 0. The second kappa shape index (κ2) is 9.02. The zero-order valence-corrected chi connectivity index (χ0v) is 22.4. The smallest absolute Gasteiger partial charge is 0.124 e. The van der Waals surface area contributed by atoms with Gasteiger partial charge in [-0.05, 0) is 76.5 Å². The van der Waals surface area contributed by atoms with Gasteiger partial charge in [-0.3, -0.25) is 4.98 Å². The SMILES string of the molecule is c1ccc(-c2cccc(-n3c4cc(-c5nc6ccccc6s5)ccc4c4c(-c5ccsc5)cccc43)c2)nc1. The average molecular weight is 536 g/mol. The minimum absolute atomic E-state index is 0.967. The van der Waals surface area contributed by atoms with Crippen molar-refractivity contribution < 1.29 is 0 Å². The lowest BCUT2D eigenvalue weighted by Crippen LogP contribution is -1.95. The van der Waals surface area contributed by atoms with E-state index >= 15 is 0 Å². The quantitative estimate of drug-likeness (QED) is 0.224. The van der Waals surface area contributed by atoms with Crippen molar-refractivity contribution in [1.82, 2.24) is 14.5 Å². The molecule has 0 aliphatic heterocycles. The van der Waals surface area contributed by atoms with E-state index in [2.05, 4.69) is 111 Å². The van der Waals surface area contributed by atoms with E-state index in [9.17, 15) is 0 Å². The Morgan fingerprint density at radius 2 is 1.59 bits per heavy atom. The Labute approximate surface area is 233 Å². The van der Waals surface area contributed by atoms with Gasteiger partial charge < -0.3 is 4.57 Å². The predicted molar refractivity (Wildman–Crippen MR) is 166 cm³/mol. The number of fused-ring (bicyclic) bond motifs is 4. The maximum Gasteiger partial charge on any atom is 0.124 e. The molecule has 184 valence electrons. The topological polar surface area (TPSA) is 30.7 Å². The summed E-state index contributed by atoms with van der Waals surface area (Å²) in [5.41, 5.74) is 10.2. The van der Waals surface area contributed by atoms with Crippen LogP contribution in [0.1, 0.15) is 0 Å². The second-order valence-corrected chi connectivity index (χ2v) is 11.3. The third-order valence-electron chi connectivity index (χ3n) is 7.23. The molecule has 0 aliphatic carbocycles. The van der Waals surface area contributed by atoms with Crippen molar-refractivity contribution in [2.24, 2.45) is 0 Å². The molecule has 0 aliphatic rings. The van der Waals surface area contributed by atoms with Crippen molar-refractivity contribution in [2.75, 3.05) is 0 Å². The Bertz CT molecular complexity index is 2090. The van der Waals surface area contributed by atoms with Crippen LogP contribution < -0.4 is 0 Å². The molecule has 3 nitrogen and oxygen atoms in total. The molecule has 0 saturated carbocycles. The van der Waals surface area contributed by atoms with Gasteiger partial charge in [0.05, 0.1) is 26.9 Å². The van der Waals surface area contributed by atoms with Gasteiger partial charge in [0, 0.05) is 33.8 Å². The molecule has 39 heavy (non-hydrogen) atoms. The van der Waals surface area contributed by atoms with Gasteiger partial charge in [0.25, 0.3) is 0 Å². The highest BCUT2D eigenvalue weighted by Gasteiger charge is 2.18. The maximum atomic E-state index is 4.96. The number of rotatable bonds is 4. The van der Waals surface area contributed by atoms with Crippen molar-refractivity contribution >= 4 is 54.7 Å². The number of thiazole rings is 1. The Kier molecular flexibility index (Phi) is 5.18. The standard InChI is InChI=1S/C34H21N3S2/c1-2-13-32-29(11-1)36-34(39-32)23-14-15-27-31(20-23)37(25-8-5-7-22(19-25)28-10-3-4-17-35-28)30-12-6-9-26(33(27)30)24-16-18-38-21-24/h1-21H. The van der Waals surface area contributed by atoms with E-state index in [1.165, 1.54) is 37.6 Å². The number of para-hydroxylation sites is 1. The number of hydrogen-bond donors (Lipinski definition) is 0. The average Bonchev–Trinajstić information content (AvgIpc) is 3.75. The third kappa shape index (κ3) is 3.70. The first-order chi connectivity index (χ1) is 19.3. The summed E-state index contributed by atoms with van der Waals surface area (Å²) in [6.07, 6.45) is 1.85. The Balaban J connectivity index is 1.43. The minimum atomic E-state index is 0.967. The van der Waals surface area contributed by atoms with E-state index in [0.717, 1.165) is 33.0 Å². The van der Waals surface area contributed by atoms with Crippen molar-refractivity contribution in [1.29, 1.82) is 0 Å². The van der Waals surface area contributed by atoms with E-state index in [4.69, 9.17) is 4.98 Å². The predicted octanol–water partition coefficient (Wildman–Crippen LogP) is 9.85. The van der Waals surface area contributed by atoms with Gasteiger partial charge in [0.1, 0.15) is 5.01 Å². The Morgan fingerprint density at radius 1 is 0.667 bits per heavy atom. The van der Waals surface area contributed by atoms with E-state index in [-0.39, 0.29) is 0 Å². The monoisotopic (exact) mass is 535 g/mol. The summed E-state index contributed by atoms with van der Waals surface area (Å²) in [7, 11) is 0. The van der Waals surface area contributed by atoms with Crippen LogP contribution in [0.2, 0.25) is 0 Å². The zero-order valence-electron chi connectivity index (χ0n) is 20.8. The molecule has 4 heterocycles. The fourth-order valence-electron chi connectivity index (χ4n) is 5.47. The van der Waals surface area contributed by atoms with Crippen molar-refractivity contribution in [3.8, 4) is 38.6 Å². The van der Waals surface area contributed by atoms with E-state index in [0.29, 0.717) is 0 Å². The highest BCUT2D eigenvalue weighted by Crippen LogP contribution is 2.41. The number of benzene rings is 4. The third-order valence-corrected chi connectivity index (χ3v) is 9.00. The zero-order chi connectivity index (χ0) is 25.8. The molecule has 5 heteroatoms. The first-order valence-corrected chi connectivity index (χ1v) is 14.6. The van der Waals surface area contributed by atoms with Crippen LogP contribution in [0.5, 0.6) is 0 Å². The van der Waals surface area contributed by atoms with Crippen LogP contribution in [0.25, 0.3) is 70.7 Å². The van der Waals surface area contributed by atoms with Crippen LogP contribution in [-0.2, 0) is 0 Å². The number of aromatic nitrogens is 3. The van der Waals surface area contributed by atoms with Crippen LogP contribution in [-0.4, -0.2) is 14.5 Å². The fourth-order valence-corrected chi connectivity index (χ4v) is 7.09. The molecule has 0 radical (unpaired) electrons. The Morgan fingerprint density at radius 3 is 2.46 bits per heavy atom. The van der Waals surface area contributed by atoms with Crippen LogP contribution in [0.15, 0.2) is 126 Å². The summed E-state index contributed by atoms with van der Waals surface area (Å²) in [4.78, 5) is 9.56. The number of pyridine rings is 1. The summed E-state index contributed by atoms with van der Waals surface area (Å²) in [5, 5.41) is 7.92. The van der Waals surface area contributed by atoms with Crippen molar-refractivity contribution in [3.05, 3.63) is 126 Å². The summed E-state index contributed by atoms with van der Waals surface area (Å²) >= 11 is 3.47. The molecule has 0 atom stereocenters. The van der Waals surface area contributed by atoms with Gasteiger partial charge >= 0.3 is 0 Å². The first-order valence-electron chi connectivity index (χ1n) is 12.8. The molecular weight excluding hydrogens is 515 g/mol. The lowest BCUT2D eigenvalue weighted by Gasteiger charge is -2.11. The molecule has 0 unspecified atom stereocenters. The van der Waals surface area contributed by atoms with Gasteiger partial charge in [0.2, 0.25) is 0 Å².